The molecule has 4 atom stereocenters. The van der Waals surface area contributed by atoms with Gasteiger partial charge in [0.15, 0.2) is 0 Å². The molecule has 0 aliphatic carbocycles. The van der Waals surface area contributed by atoms with Gasteiger partial charge in [-0.15, -0.1) is 0 Å². The number of amides is 2. The Balaban J connectivity index is 1.89. The van der Waals surface area contributed by atoms with E-state index in [4.69, 9.17) is 9.47 Å². The van der Waals surface area contributed by atoms with Gasteiger partial charge < -0.3 is 19.6 Å². The summed E-state index contributed by atoms with van der Waals surface area (Å²) in [5.41, 5.74) is 0.961. The lowest BCUT2D eigenvalue weighted by molar-refractivity contribution is -0.111. The van der Waals surface area contributed by atoms with Gasteiger partial charge in [0.25, 0.3) is 0 Å². The molecule has 0 bridgehead atoms. The quantitative estimate of drug-likeness (QED) is 0.696. The lowest BCUT2D eigenvalue weighted by Gasteiger charge is -2.30. The number of benzene rings is 2. The number of hydrogen-bond donors (Lipinski definition) is 1. The molecule has 7 nitrogen and oxygen atoms in total. The fourth-order valence-corrected chi connectivity index (χ4v) is 4.03. The number of carbonyl (C=O) groups excluding carboxylic acids is 3. The van der Waals surface area contributed by atoms with Gasteiger partial charge in [-0.05, 0) is 38.8 Å². The molecule has 1 N–H and O–H groups in total. The van der Waals surface area contributed by atoms with Crippen molar-refractivity contribution in [2.24, 2.45) is 5.92 Å². The van der Waals surface area contributed by atoms with Crippen molar-refractivity contribution < 1.29 is 23.9 Å². The maximum Gasteiger partial charge on any atom is 0.410 e. The van der Waals surface area contributed by atoms with Crippen LogP contribution in [0, 0.1) is 5.92 Å². The number of rotatable bonds is 5. The molecule has 0 radical (unpaired) electrons. The molecule has 4 unspecified atom stereocenters. The zero-order valence-electron chi connectivity index (χ0n) is 18.9. The monoisotopic (exact) mass is 438 g/mol. The van der Waals surface area contributed by atoms with E-state index in [2.05, 4.69) is 5.32 Å². The second-order valence-electron chi connectivity index (χ2n) is 8.93. The van der Waals surface area contributed by atoms with E-state index >= 15 is 0 Å². The highest BCUT2D eigenvalue weighted by Crippen LogP contribution is 2.40. The topological polar surface area (TPSA) is 84.9 Å². The third-order valence-corrected chi connectivity index (χ3v) is 5.45. The first-order chi connectivity index (χ1) is 15.2. The van der Waals surface area contributed by atoms with Crippen LogP contribution in [0.2, 0.25) is 0 Å². The van der Waals surface area contributed by atoms with E-state index in [1.807, 2.05) is 60.7 Å². The van der Waals surface area contributed by atoms with Gasteiger partial charge in [-0.1, -0.05) is 60.7 Å². The molecule has 7 heteroatoms. The molecule has 1 aliphatic heterocycles. The summed E-state index contributed by atoms with van der Waals surface area (Å²) < 4.78 is 11.0. The van der Waals surface area contributed by atoms with Gasteiger partial charge >= 0.3 is 12.2 Å². The first-order valence-corrected chi connectivity index (χ1v) is 10.7. The van der Waals surface area contributed by atoms with Crippen LogP contribution in [-0.2, 0) is 20.9 Å². The highest BCUT2D eigenvalue weighted by atomic mass is 16.6. The van der Waals surface area contributed by atoms with E-state index in [-0.39, 0.29) is 6.61 Å². The van der Waals surface area contributed by atoms with Gasteiger partial charge in [-0.25, -0.2) is 9.59 Å². The standard InChI is InChI=1S/C25H30N2O5/c1-17-20(15-28)21(26-23(29)32-25(2,3)4)22(19-13-9-6-10-14-19)27(17)24(30)31-16-18-11-7-5-8-12-18/h5-15,17,20-22H,16H2,1-4H3,(H,26,29). The van der Waals surface area contributed by atoms with Crippen molar-refractivity contribution in [3.63, 3.8) is 0 Å². The summed E-state index contributed by atoms with van der Waals surface area (Å²) in [5.74, 6) is -0.628. The molecule has 1 aliphatic rings. The molecule has 2 aromatic rings. The Bertz CT molecular complexity index is 926. The van der Waals surface area contributed by atoms with Crippen LogP contribution in [0.4, 0.5) is 9.59 Å². The molecule has 1 saturated heterocycles. The minimum Gasteiger partial charge on any atom is -0.445 e. The van der Waals surface area contributed by atoms with E-state index in [9.17, 15) is 14.4 Å². The third kappa shape index (κ3) is 5.46. The minimum absolute atomic E-state index is 0.111. The molecule has 0 aromatic heterocycles. The molecule has 1 fully saturated rings. The van der Waals surface area contributed by atoms with Crippen LogP contribution in [0.3, 0.4) is 0 Å². The average Bonchev–Trinajstić information content (AvgIpc) is 3.03. The molecule has 0 spiro atoms. The average molecular weight is 439 g/mol. The summed E-state index contributed by atoms with van der Waals surface area (Å²) >= 11 is 0. The Morgan fingerprint density at radius 3 is 2.19 bits per heavy atom. The van der Waals surface area contributed by atoms with Crippen LogP contribution in [0.25, 0.3) is 0 Å². The first-order valence-electron chi connectivity index (χ1n) is 10.7. The molecule has 0 saturated carbocycles. The van der Waals surface area contributed by atoms with E-state index in [1.54, 1.807) is 32.6 Å². The van der Waals surface area contributed by atoms with E-state index in [0.717, 1.165) is 17.4 Å². The maximum absolute atomic E-state index is 13.2. The van der Waals surface area contributed by atoms with Crippen LogP contribution in [0.1, 0.15) is 44.9 Å². The summed E-state index contributed by atoms with van der Waals surface area (Å²) in [4.78, 5) is 39.3. The first kappa shape index (κ1) is 23.3. The van der Waals surface area contributed by atoms with Crippen LogP contribution in [0.5, 0.6) is 0 Å². The third-order valence-electron chi connectivity index (χ3n) is 5.45. The van der Waals surface area contributed by atoms with Crippen molar-refractivity contribution in [3.8, 4) is 0 Å². The van der Waals surface area contributed by atoms with Crippen molar-refractivity contribution in [3.05, 3.63) is 71.8 Å². The summed E-state index contributed by atoms with van der Waals surface area (Å²) in [6, 6.07) is 17.0. The molecule has 1 heterocycles. The van der Waals surface area contributed by atoms with Gasteiger partial charge in [0.1, 0.15) is 18.5 Å². The molecule has 2 aromatic carbocycles. The van der Waals surface area contributed by atoms with Crippen molar-refractivity contribution in [2.75, 3.05) is 0 Å². The van der Waals surface area contributed by atoms with Crippen LogP contribution < -0.4 is 5.32 Å². The van der Waals surface area contributed by atoms with Crippen molar-refractivity contribution in [1.29, 1.82) is 0 Å². The van der Waals surface area contributed by atoms with Gasteiger partial charge in [0, 0.05) is 6.04 Å². The molecule has 2 amide bonds. The zero-order chi connectivity index (χ0) is 23.3. The highest BCUT2D eigenvalue weighted by Gasteiger charge is 2.51. The Morgan fingerprint density at radius 2 is 1.62 bits per heavy atom. The van der Waals surface area contributed by atoms with E-state index < -0.39 is 41.8 Å². The van der Waals surface area contributed by atoms with Gasteiger partial charge in [0.2, 0.25) is 0 Å². The van der Waals surface area contributed by atoms with Crippen molar-refractivity contribution in [1.82, 2.24) is 10.2 Å². The maximum atomic E-state index is 13.2. The second-order valence-corrected chi connectivity index (χ2v) is 8.93. The molecular formula is C25H30N2O5. The van der Waals surface area contributed by atoms with Gasteiger partial charge in [-0.3, -0.25) is 4.90 Å². The van der Waals surface area contributed by atoms with E-state index in [1.165, 1.54) is 0 Å². The molecule has 32 heavy (non-hydrogen) atoms. The van der Waals surface area contributed by atoms with Crippen molar-refractivity contribution >= 4 is 18.5 Å². The van der Waals surface area contributed by atoms with Crippen LogP contribution in [0.15, 0.2) is 60.7 Å². The van der Waals surface area contributed by atoms with Crippen molar-refractivity contribution in [2.45, 2.75) is 58.0 Å². The predicted octanol–water partition coefficient (Wildman–Crippen LogP) is 4.48. The van der Waals surface area contributed by atoms with Crippen LogP contribution in [-0.4, -0.2) is 41.1 Å². The van der Waals surface area contributed by atoms with Crippen LogP contribution >= 0.6 is 0 Å². The fourth-order valence-electron chi connectivity index (χ4n) is 4.03. The number of aldehydes is 1. The lowest BCUT2D eigenvalue weighted by atomic mass is 9.92. The number of ether oxygens (including phenoxy) is 2. The summed E-state index contributed by atoms with van der Waals surface area (Å²) in [7, 11) is 0. The highest BCUT2D eigenvalue weighted by molar-refractivity contribution is 5.74. The summed E-state index contributed by atoms with van der Waals surface area (Å²) in [6.45, 7) is 7.20. The number of carbonyl (C=O) groups is 3. The number of nitrogens with zero attached hydrogens (tertiary/aromatic N) is 1. The molecule has 170 valence electrons. The largest absolute Gasteiger partial charge is 0.445 e. The van der Waals surface area contributed by atoms with Gasteiger partial charge in [0.05, 0.1) is 18.0 Å². The Hall–Kier alpha value is -3.35. The summed E-state index contributed by atoms with van der Waals surface area (Å²) in [5, 5.41) is 2.83. The number of nitrogens with one attached hydrogen (secondary N) is 1. The normalized spacial score (nSPS) is 22.8. The Labute approximate surface area is 188 Å². The molecular weight excluding hydrogens is 408 g/mol. The fraction of sp³-hybridized carbons (Fsp3) is 0.400. The minimum atomic E-state index is -0.693. The van der Waals surface area contributed by atoms with E-state index in [0.29, 0.717) is 0 Å². The number of alkyl carbamates (subject to hydrolysis) is 1. The summed E-state index contributed by atoms with van der Waals surface area (Å²) in [6.07, 6.45) is -0.398. The number of likely N-dealkylation sites (tertiary alicyclic amines) is 1. The second kappa shape index (κ2) is 9.85. The predicted molar refractivity (Wildman–Crippen MR) is 120 cm³/mol. The SMILES string of the molecule is CC1C(C=O)C(NC(=O)OC(C)(C)C)C(c2ccccc2)N1C(=O)OCc1ccccc1. The Kier molecular flexibility index (Phi) is 7.18. The zero-order valence-corrected chi connectivity index (χ0v) is 18.9. The van der Waals surface area contributed by atoms with Gasteiger partial charge in [-0.2, -0.15) is 0 Å². The molecule has 3 rings (SSSR count). The smallest absolute Gasteiger partial charge is 0.410 e. The Morgan fingerprint density at radius 1 is 1.03 bits per heavy atom. The lowest BCUT2D eigenvalue weighted by Crippen LogP contribution is -2.45. The number of hydrogen-bond acceptors (Lipinski definition) is 5.